The van der Waals surface area contributed by atoms with Crippen molar-refractivity contribution in [3.63, 3.8) is 0 Å². The molecule has 4 heteroatoms. The summed E-state index contributed by atoms with van der Waals surface area (Å²) in [4.78, 5) is 23.1. The highest BCUT2D eigenvalue weighted by Crippen LogP contribution is 2.19. The minimum atomic E-state index is -0.0239. The lowest BCUT2D eigenvalue weighted by molar-refractivity contribution is -0.122. The molecule has 106 valence electrons. The molecule has 1 amide bonds. The van der Waals surface area contributed by atoms with Gasteiger partial charge in [0.1, 0.15) is 6.54 Å². The van der Waals surface area contributed by atoms with Crippen LogP contribution in [0.25, 0.3) is 10.9 Å². The van der Waals surface area contributed by atoms with Gasteiger partial charge < -0.3 is 9.88 Å². The van der Waals surface area contributed by atoms with Gasteiger partial charge >= 0.3 is 0 Å². The minimum Gasteiger partial charge on any atom is -0.352 e. The Morgan fingerprint density at radius 3 is 2.85 bits per heavy atom. The third kappa shape index (κ3) is 3.07. The van der Waals surface area contributed by atoms with Crippen LogP contribution in [0.3, 0.4) is 0 Å². The molecular formula is C16H20N2O2. The zero-order valence-electron chi connectivity index (χ0n) is 11.9. The number of hydrogen-bond donors (Lipinski definition) is 1. The van der Waals surface area contributed by atoms with Crippen LogP contribution < -0.4 is 5.32 Å². The van der Waals surface area contributed by atoms with E-state index in [9.17, 15) is 9.59 Å². The number of hydrogen-bond acceptors (Lipinski definition) is 2. The summed E-state index contributed by atoms with van der Waals surface area (Å²) in [5.74, 6) is -0.0239. The third-order valence-corrected chi connectivity index (χ3v) is 3.39. The number of benzene rings is 1. The molecule has 0 radical (unpaired) electrons. The van der Waals surface area contributed by atoms with Crippen molar-refractivity contribution in [2.45, 2.75) is 39.3 Å². The molecule has 0 aliphatic carbocycles. The highest BCUT2D eigenvalue weighted by molar-refractivity contribution is 5.98. The van der Waals surface area contributed by atoms with Crippen molar-refractivity contribution in [1.29, 1.82) is 0 Å². The number of rotatable bonds is 6. The van der Waals surface area contributed by atoms with E-state index in [4.69, 9.17) is 0 Å². The highest BCUT2D eigenvalue weighted by atomic mass is 16.2. The Bertz CT molecular complexity index is 616. The third-order valence-electron chi connectivity index (χ3n) is 3.39. The van der Waals surface area contributed by atoms with E-state index in [0.29, 0.717) is 5.56 Å². The standard InChI is InChI=1S/C16H20N2O2/c1-3-6-12(2)17-16(20)10-18-9-13(11-19)14-7-4-5-8-15(14)18/h4-5,7-9,11-12H,3,6,10H2,1-2H3,(H,17,20). The highest BCUT2D eigenvalue weighted by Gasteiger charge is 2.11. The lowest BCUT2D eigenvalue weighted by Crippen LogP contribution is -2.34. The number of carbonyl (C=O) groups is 2. The average Bonchev–Trinajstić information content (AvgIpc) is 2.77. The van der Waals surface area contributed by atoms with E-state index < -0.39 is 0 Å². The Balaban J connectivity index is 2.17. The monoisotopic (exact) mass is 272 g/mol. The van der Waals surface area contributed by atoms with Crippen molar-refractivity contribution in [3.05, 3.63) is 36.0 Å². The number of amides is 1. The van der Waals surface area contributed by atoms with Gasteiger partial charge in [0.05, 0.1) is 0 Å². The molecule has 0 aliphatic heterocycles. The van der Waals surface area contributed by atoms with E-state index >= 15 is 0 Å². The zero-order chi connectivity index (χ0) is 14.5. The molecule has 20 heavy (non-hydrogen) atoms. The van der Waals surface area contributed by atoms with Crippen LogP contribution in [-0.4, -0.2) is 22.8 Å². The number of aldehydes is 1. The summed E-state index contributed by atoms with van der Waals surface area (Å²) < 4.78 is 1.83. The molecule has 0 saturated heterocycles. The van der Waals surface area contributed by atoms with Crippen molar-refractivity contribution in [2.75, 3.05) is 0 Å². The molecule has 1 aromatic carbocycles. The lowest BCUT2D eigenvalue weighted by atomic mass is 10.2. The molecule has 0 fully saturated rings. The number of para-hydroxylation sites is 1. The summed E-state index contributed by atoms with van der Waals surface area (Å²) in [7, 11) is 0. The first-order valence-electron chi connectivity index (χ1n) is 6.98. The molecule has 2 aromatic rings. The maximum atomic E-state index is 12.0. The van der Waals surface area contributed by atoms with Gasteiger partial charge in [-0.05, 0) is 19.4 Å². The van der Waals surface area contributed by atoms with Gasteiger partial charge in [-0.2, -0.15) is 0 Å². The molecule has 0 aliphatic rings. The van der Waals surface area contributed by atoms with Crippen molar-refractivity contribution in [2.24, 2.45) is 0 Å². The second-order valence-electron chi connectivity index (χ2n) is 5.10. The largest absolute Gasteiger partial charge is 0.352 e. The van der Waals surface area contributed by atoms with Gasteiger partial charge in [-0.1, -0.05) is 31.5 Å². The van der Waals surface area contributed by atoms with Crippen LogP contribution in [0.4, 0.5) is 0 Å². The van der Waals surface area contributed by atoms with E-state index in [2.05, 4.69) is 12.2 Å². The SMILES string of the molecule is CCCC(C)NC(=O)Cn1cc(C=O)c2ccccc21. The van der Waals surface area contributed by atoms with E-state index in [1.54, 1.807) is 6.20 Å². The summed E-state index contributed by atoms with van der Waals surface area (Å²) in [6.07, 6.45) is 4.58. The van der Waals surface area contributed by atoms with E-state index in [1.165, 1.54) is 0 Å². The molecule has 0 bridgehead atoms. The first kappa shape index (κ1) is 14.3. The summed E-state index contributed by atoms with van der Waals surface area (Å²) in [6, 6.07) is 7.80. The van der Waals surface area contributed by atoms with Crippen LogP contribution in [0.1, 0.15) is 37.0 Å². The number of aromatic nitrogens is 1. The second kappa shape index (κ2) is 6.37. The van der Waals surface area contributed by atoms with E-state index in [0.717, 1.165) is 30.0 Å². The van der Waals surface area contributed by atoms with Crippen LogP contribution in [0.2, 0.25) is 0 Å². The van der Waals surface area contributed by atoms with Gasteiger partial charge in [0.25, 0.3) is 0 Å². The van der Waals surface area contributed by atoms with Crippen molar-refractivity contribution in [1.82, 2.24) is 9.88 Å². The fraction of sp³-hybridized carbons (Fsp3) is 0.375. The van der Waals surface area contributed by atoms with Gasteiger partial charge in [0.15, 0.2) is 6.29 Å². The Hall–Kier alpha value is -2.10. The van der Waals surface area contributed by atoms with E-state index in [-0.39, 0.29) is 18.5 Å². The smallest absolute Gasteiger partial charge is 0.240 e. The number of nitrogens with zero attached hydrogens (tertiary/aromatic N) is 1. The summed E-state index contributed by atoms with van der Waals surface area (Å²) in [5, 5.41) is 3.86. The lowest BCUT2D eigenvalue weighted by Gasteiger charge is -2.13. The maximum absolute atomic E-state index is 12.0. The molecule has 4 nitrogen and oxygen atoms in total. The Morgan fingerprint density at radius 1 is 1.40 bits per heavy atom. The topological polar surface area (TPSA) is 51.1 Å². The Kier molecular flexibility index (Phi) is 4.56. The Labute approximate surface area is 118 Å². The maximum Gasteiger partial charge on any atom is 0.240 e. The fourth-order valence-electron chi connectivity index (χ4n) is 2.48. The van der Waals surface area contributed by atoms with Crippen LogP contribution in [0.15, 0.2) is 30.5 Å². The van der Waals surface area contributed by atoms with Gasteiger partial charge in [-0.25, -0.2) is 0 Å². The van der Waals surface area contributed by atoms with E-state index in [1.807, 2.05) is 35.8 Å². The summed E-state index contributed by atoms with van der Waals surface area (Å²) in [5.41, 5.74) is 1.53. The number of nitrogens with one attached hydrogen (secondary N) is 1. The first-order chi connectivity index (χ1) is 9.65. The molecule has 1 unspecified atom stereocenters. The normalized spacial score (nSPS) is 12.3. The van der Waals surface area contributed by atoms with Crippen LogP contribution in [0.5, 0.6) is 0 Å². The summed E-state index contributed by atoms with van der Waals surface area (Å²) in [6.45, 7) is 4.34. The Morgan fingerprint density at radius 2 is 2.15 bits per heavy atom. The van der Waals surface area contributed by atoms with Gasteiger partial charge in [0, 0.05) is 28.7 Å². The quantitative estimate of drug-likeness (QED) is 0.822. The number of fused-ring (bicyclic) bond motifs is 1. The predicted octanol–water partition coefficient (Wildman–Crippen LogP) is 2.76. The molecule has 1 N–H and O–H groups in total. The van der Waals surface area contributed by atoms with Crippen LogP contribution in [-0.2, 0) is 11.3 Å². The van der Waals surface area contributed by atoms with Gasteiger partial charge in [-0.15, -0.1) is 0 Å². The van der Waals surface area contributed by atoms with Crippen molar-refractivity contribution < 1.29 is 9.59 Å². The molecule has 0 spiro atoms. The first-order valence-corrected chi connectivity index (χ1v) is 6.98. The van der Waals surface area contributed by atoms with Gasteiger partial charge in [0.2, 0.25) is 5.91 Å². The molecule has 1 atom stereocenters. The van der Waals surface area contributed by atoms with Crippen LogP contribution >= 0.6 is 0 Å². The summed E-state index contributed by atoms with van der Waals surface area (Å²) >= 11 is 0. The fourth-order valence-corrected chi connectivity index (χ4v) is 2.48. The molecular weight excluding hydrogens is 252 g/mol. The van der Waals surface area contributed by atoms with Crippen LogP contribution in [0, 0.1) is 0 Å². The zero-order valence-corrected chi connectivity index (χ0v) is 11.9. The van der Waals surface area contributed by atoms with Gasteiger partial charge in [-0.3, -0.25) is 9.59 Å². The molecule has 0 saturated carbocycles. The molecule has 1 heterocycles. The van der Waals surface area contributed by atoms with Crippen molar-refractivity contribution >= 4 is 23.1 Å². The molecule has 2 rings (SSSR count). The predicted molar refractivity (Wildman–Crippen MR) is 79.8 cm³/mol. The average molecular weight is 272 g/mol. The second-order valence-corrected chi connectivity index (χ2v) is 5.10. The van der Waals surface area contributed by atoms with Crippen molar-refractivity contribution in [3.8, 4) is 0 Å². The minimum absolute atomic E-state index is 0.0239. The molecule has 1 aromatic heterocycles. The number of carbonyl (C=O) groups excluding carboxylic acids is 2.